The van der Waals surface area contributed by atoms with Crippen LogP contribution in [0.5, 0.6) is 0 Å². The van der Waals surface area contributed by atoms with Crippen LogP contribution in [-0.2, 0) is 17.9 Å². The van der Waals surface area contributed by atoms with Crippen LogP contribution in [0.4, 0.5) is 5.82 Å². The van der Waals surface area contributed by atoms with Gasteiger partial charge >= 0.3 is 0 Å². The number of aromatic nitrogens is 1. The molecule has 0 radical (unpaired) electrons. The van der Waals surface area contributed by atoms with E-state index in [0.29, 0.717) is 17.4 Å². The van der Waals surface area contributed by atoms with Gasteiger partial charge in [0, 0.05) is 19.3 Å². The normalized spacial score (nSPS) is 14.9. The number of carbonyl (C=O) groups excluding carboxylic acids is 1. The lowest BCUT2D eigenvalue weighted by Gasteiger charge is -2.17. The van der Waals surface area contributed by atoms with Gasteiger partial charge in [0.25, 0.3) is 0 Å². The molecule has 5 nitrogen and oxygen atoms in total. The second kappa shape index (κ2) is 10.7. The van der Waals surface area contributed by atoms with Crippen LogP contribution < -0.4 is 10.6 Å². The molecule has 0 saturated carbocycles. The Balaban J connectivity index is 1.37. The number of nitrogens with one attached hydrogen (secondary N) is 2. The molecule has 1 aromatic heterocycles. The minimum absolute atomic E-state index is 0.136. The summed E-state index contributed by atoms with van der Waals surface area (Å²) in [6.07, 6.45) is 4.14. The van der Waals surface area contributed by atoms with E-state index < -0.39 is 0 Å². The van der Waals surface area contributed by atoms with Crippen LogP contribution >= 0.6 is 11.6 Å². The fourth-order valence-corrected chi connectivity index (χ4v) is 4.10. The first-order valence-electron chi connectivity index (χ1n) is 11.1. The van der Waals surface area contributed by atoms with Gasteiger partial charge < -0.3 is 10.6 Å². The van der Waals surface area contributed by atoms with Gasteiger partial charge in [0.05, 0.1) is 11.1 Å². The zero-order valence-corrected chi connectivity index (χ0v) is 19.1. The number of carbonyl (C=O) groups is 1. The number of pyridine rings is 1. The number of hydrogen-bond acceptors (Lipinski definition) is 4. The second-order valence-electron chi connectivity index (χ2n) is 8.29. The van der Waals surface area contributed by atoms with E-state index in [0.717, 1.165) is 12.1 Å². The lowest BCUT2D eigenvalue weighted by atomic mass is 9.98. The Morgan fingerprint density at radius 2 is 1.81 bits per heavy atom. The molecule has 32 heavy (non-hydrogen) atoms. The van der Waals surface area contributed by atoms with Crippen molar-refractivity contribution >= 4 is 23.3 Å². The number of halogens is 1. The van der Waals surface area contributed by atoms with Crippen molar-refractivity contribution in [3.63, 3.8) is 0 Å². The second-order valence-corrected chi connectivity index (χ2v) is 8.73. The quantitative estimate of drug-likeness (QED) is 0.502. The van der Waals surface area contributed by atoms with Gasteiger partial charge in [0.15, 0.2) is 0 Å². The molecule has 0 bridgehead atoms. The maximum absolute atomic E-state index is 12.5. The third kappa shape index (κ3) is 5.94. The van der Waals surface area contributed by atoms with E-state index in [4.69, 9.17) is 11.6 Å². The molecule has 1 aliphatic rings. The summed E-state index contributed by atoms with van der Waals surface area (Å²) >= 11 is 5.85. The first-order valence-corrected chi connectivity index (χ1v) is 11.5. The number of rotatable bonds is 8. The van der Waals surface area contributed by atoms with E-state index in [1.54, 1.807) is 12.1 Å². The topological polar surface area (TPSA) is 57.3 Å². The first kappa shape index (κ1) is 22.5. The molecule has 3 aromatic rings. The van der Waals surface area contributed by atoms with Crippen LogP contribution in [0, 0.1) is 0 Å². The number of amides is 1. The molecule has 1 saturated heterocycles. The molecule has 1 unspecified atom stereocenters. The molecule has 6 heteroatoms. The Kier molecular flexibility index (Phi) is 7.53. The van der Waals surface area contributed by atoms with Crippen molar-refractivity contribution in [3.05, 3.63) is 83.0 Å². The first-order chi connectivity index (χ1) is 15.6. The van der Waals surface area contributed by atoms with Crippen molar-refractivity contribution in [1.29, 1.82) is 0 Å². The molecule has 1 aliphatic heterocycles. The SMILES string of the molecule is CC(NCc1ccccc1-c1ccc(CN2CCCC2)cc1)C(=O)Nc1ccc(Cl)cn1. The molecule has 1 atom stereocenters. The molecule has 4 rings (SSSR count). The highest BCUT2D eigenvalue weighted by atomic mass is 35.5. The highest BCUT2D eigenvalue weighted by Crippen LogP contribution is 2.25. The van der Waals surface area contributed by atoms with Crippen LogP contribution in [0.3, 0.4) is 0 Å². The van der Waals surface area contributed by atoms with E-state index >= 15 is 0 Å². The number of nitrogens with zero attached hydrogens (tertiary/aromatic N) is 2. The summed E-state index contributed by atoms with van der Waals surface area (Å²) in [7, 11) is 0. The van der Waals surface area contributed by atoms with E-state index in [2.05, 4.69) is 63.0 Å². The van der Waals surface area contributed by atoms with Gasteiger partial charge in [-0.05, 0) is 67.2 Å². The molecule has 0 aliphatic carbocycles. The Bertz CT molecular complexity index is 1030. The van der Waals surface area contributed by atoms with Crippen LogP contribution in [0.2, 0.25) is 5.02 Å². The van der Waals surface area contributed by atoms with Crippen molar-refractivity contribution in [1.82, 2.24) is 15.2 Å². The van der Waals surface area contributed by atoms with Gasteiger partial charge in [-0.1, -0.05) is 60.1 Å². The Morgan fingerprint density at radius 3 is 2.53 bits per heavy atom. The fourth-order valence-electron chi connectivity index (χ4n) is 3.98. The number of anilines is 1. The summed E-state index contributed by atoms with van der Waals surface area (Å²) in [6.45, 7) is 5.88. The molecule has 2 aromatic carbocycles. The predicted molar refractivity (Wildman–Crippen MR) is 131 cm³/mol. The maximum atomic E-state index is 12.5. The van der Waals surface area contributed by atoms with Crippen LogP contribution in [0.1, 0.15) is 30.9 Å². The maximum Gasteiger partial charge on any atom is 0.242 e. The van der Waals surface area contributed by atoms with Gasteiger partial charge in [-0.25, -0.2) is 4.98 Å². The molecule has 1 fully saturated rings. The van der Waals surface area contributed by atoms with Crippen molar-refractivity contribution < 1.29 is 4.79 Å². The molecule has 166 valence electrons. The van der Waals surface area contributed by atoms with Gasteiger partial charge in [0.1, 0.15) is 5.82 Å². The summed E-state index contributed by atoms with van der Waals surface area (Å²) in [5, 5.41) is 6.68. The average molecular weight is 449 g/mol. The average Bonchev–Trinajstić information content (AvgIpc) is 3.33. The number of benzene rings is 2. The molecular formula is C26H29ClN4O. The summed E-state index contributed by atoms with van der Waals surface area (Å²) < 4.78 is 0. The summed E-state index contributed by atoms with van der Waals surface area (Å²) in [5.74, 6) is 0.353. The standard InChI is InChI=1S/C26H29ClN4O/c1-19(26(32)30-25-13-12-23(27)17-29-25)28-16-22-6-2-3-7-24(22)21-10-8-20(9-11-21)18-31-14-4-5-15-31/h2-3,6-13,17,19,28H,4-5,14-16,18H2,1H3,(H,29,30,32). The van der Waals surface area contributed by atoms with E-state index in [9.17, 15) is 4.79 Å². The summed E-state index contributed by atoms with van der Waals surface area (Å²) in [6, 6.07) is 20.2. The molecule has 2 N–H and O–H groups in total. The minimum atomic E-state index is -0.372. The zero-order chi connectivity index (χ0) is 22.3. The fraction of sp³-hybridized carbons (Fsp3) is 0.308. The smallest absolute Gasteiger partial charge is 0.242 e. The van der Waals surface area contributed by atoms with Crippen molar-refractivity contribution in [2.45, 2.75) is 38.9 Å². The van der Waals surface area contributed by atoms with Crippen LogP contribution in [0.25, 0.3) is 11.1 Å². The van der Waals surface area contributed by atoms with E-state index in [1.807, 2.05) is 13.0 Å². The third-order valence-electron chi connectivity index (χ3n) is 5.86. The lowest BCUT2D eigenvalue weighted by Crippen LogP contribution is -2.37. The van der Waals surface area contributed by atoms with E-state index in [1.165, 1.54) is 48.8 Å². The largest absolute Gasteiger partial charge is 0.309 e. The van der Waals surface area contributed by atoms with Gasteiger partial charge in [-0.15, -0.1) is 0 Å². The molecule has 1 amide bonds. The van der Waals surface area contributed by atoms with Crippen molar-refractivity contribution in [2.24, 2.45) is 0 Å². The third-order valence-corrected chi connectivity index (χ3v) is 6.08. The summed E-state index contributed by atoms with van der Waals surface area (Å²) in [4.78, 5) is 19.1. The number of likely N-dealkylation sites (tertiary alicyclic amines) is 1. The predicted octanol–water partition coefficient (Wildman–Crippen LogP) is 5.11. The van der Waals surface area contributed by atoms with E-state index in [-0.39, 0.29) is 11.9 Å². The Hall–Kier alpha value is -2.73. The van der Waals surface area contributed by atoms with Crippen molar-refractivity contribution in [3.8, 4) is 11.1 Å². The lowest BCUT2D eigenvalue weighted by molar-refractivity contribution is -0.117. The molecular weight excluding hydrogens is 420 g/mol. The highest BCUT2D eigenvalue weighted by Gasteiger charge is 2.15. The summed E-state index contributed by atoms with van der Waals surface area (Å²) in [5.41, 5.74) is 4.88. The van der Waals surface area contributed by atoms with Crippen molar-refractivity contribution in [2.75, 3.05) is 18.4 Å². The van der Waals surface area contributed by atoms with Gasteiger partial charge in [-0.3, -0.25) is 9.69 Å². The van der Waals surface area contributed by atoms with Crippen LogP contribution in [-0.4, -0.2) is 34.9 Å². The van der Waals surface area contributed by atoms with Crippen LogP contribution in [0.15, 0.2) is 66.9 Å². The Morgan fingerprint density at radius 1 is 1.06 bits per heavy atom. The minimum Gasteiger partial charge on any atom is -0.309 e. The highest BCUT2D eigenvalue weighted by molar-refractivity contribution is 6.30. The molecule has 2 heterocycles. The zero-order valence-electron chi connectivity index (χ0n) is 18.4. The van der Waals surface area contributed by atoms with Gasteiger partial charge in [-0.2, -0.15) is 0 Å². The number of hydrogen-bond donors (Lipinski definition) is 2. The van der Waals surface area contributed by atoms with Gasteiger partial charge in [0.2, 0.25) is 5.91 Å². The Labute approximate surface area is 194 Å². The monoisotopic (exact) mass is 448 g/mol. The molecule has 0 spiro atoms.